The van der Waals surface area contributed by atoms with Gasteiger partial charge in [-0.2, -0.15) is 22.5 Å². The van der Waals surface area contributed by atoms with Crippen molar-refractivity contribution >= 4 is 16.7 Å². The van der Waals surface area contributed by atoms with Crippen LogP contribution in [0.3, 0.4) is 0 Å². The smallest absolute Gasteiger partial charge is 0.356 e. The van der Waals surface area contributed by atoms with Crippen molar-refractivity contribution < 1.29 is 13.2 Å². The Hall–Kier alpha value is -0.890. The average molecular weight is 266 g/mol. The molecule has 1 saturated heterocycles. The molecule has 1 N–H and O–H groups in total. The van der Waals surface area contributed by atoms with Gasteiger partial charge >= 0.3 is 6.18 Å². The Kier molecular flexibility index (Phi) is 3.53. The van der Waals surface area contributed by atoms with E-state index in [2.05, 4.69) is 19.6 Å². The van der Waals surface area contributed by atoms with E-state index in [0.29, 0.717) is 0 Å². The van der Waals surface area contributed by atoms with Crippen LogP contribution in [0.1, 0.15) is 18.7 Å². The van der Waals surface area contributed by atoms with E-state index in [9.17, 15) is 13.2 Å². The molecule has 8 heteroatoms. The van der Waals surface area contributed by atoms with Crippen LogP contribution in [0.15, 0.2) is 0 Å². The first-order valence-electron chi connectivity index (χ1n) is 5.31. The third kappa shape index (κ3) is 3.29. The van der Waals surface area contributed by atoms with E-state index in [1.807, 2.05) is 7.05 Å². The van der Waals surface area contributed by atoms with Gasteiger partial charge in [-0.05, 0) is 26.4 Å². The second kappa shape index (κ2) is 4.77. The van der Waals surface area contributed by atoms with Gasteiger partial charge in [-0.15, -0.1) is 0 Å². The predicted octanol–water partition coefficient (Wildman–Crippen LogP) is 2.06. The van der Waals surface area contributed by atoms with Gasteiger partial charge in [0.2, 0.25) is 11.0 Å². The monoisotopic (exact) mass is 266 g/mol. The third-order valence-corrected chi connectivity index (χ3v) is 3.28. The van der Waals surface area contributed by atoms with Gasteiger partial charge in [-0.1, -0.05) is 0 Å². The van der Waals surface area contributed by atoms with E-state index in [1.54, 1.807) is 0 Å². The first kappa shape index (κ1) is 12.6. The number of anilines is 1. The van der Waals surface area contributed by atoms with Crippen LogP contribution in [0.2, 0.25) is 0 Å². The fraction of sp³-hybridized carbons (Fsp3) is 0.778. The van der Waals surface area contributed by atoms with Crippen molar-refractivity contribution in [3.05, 3.63) is 5.82 Å². The molecule has 96 valence electrons. The van der Waals surface area contributed by atoms with E-state index in [0.717, 1.165) is 37.5 Å². The summed E-state index contributed by atoms with van der Waals surface area (Å²) in [6.45, 7) is 1.85. The zero-order valence-electron chi connectivity index (χ0n) is 9.29. The summed E-state index contributed by atoms with van der Waals surface area (Å²) >= 11 is 0.761. The Labute approximate surface area is 101 Å². The Bertz CT molecular complexity index is 379. The molecule has 1 aromatic heterocycles. The predicted molar refractivity (Wildman–Crippen MR) is 59.1 cm³/mol. The molecule has 4 nitrogen and oxygen atoms in total. The minimum Gasteiger partial charge on any atom is -0.356 e. The van der Waals surface area contributed by atoms with Crippen LogP contribution in [0.25, 0.3) is 0 Å². The highest BCUT2D eigenvalue weighted by molar-refractivity contribution is 7.09. The van der Waals surface area contributed by atoms with E-state index >= 15 is 0 Å². The lowest BCUT2D eigenvalue weighted by molar-refractivity contribution is -0.144. The van der Waals surface area contributed by atoms with Gasteiger partial charge in [-0.25, -0.2) is 0 Å². The van der Waals surface area contributed by atoms with Crippen LogP contribution in [0.4, 0.5) is 18.3 Å². The number of alkyl halides is 3. The van der Waals surface area contributed by atoms with Crippen LogP contribution in [0.5, 0.6) is 0 Å². The van der Waals surface area contributed by atoms with Crippen LogP contribution in [-0.4, -0.2) is 40.4 Å². The number of nitrogens with one attached hydrogen (secondary N) is 1. The number of rotatable bonds is 2. The molecule has 1 aliphatic rings. The van der Waals surface area contributed by atoms with Gasteiger partial charge in [-0.3, -0.25) is 0 Å². The molecule has 0 radical (unpaired) electrons. The van der Waals surface area contributed by atoms with Gasteiger partial charge in [0.25, 0.3) is 0 Å². The molecule has 0 aromatic carbocycles. The molecule has 2 heterocycles. The molecular weight excluding hydrogens is 253 g/mol. The molecule has 0 bridgehead atoms. The minimum atomic E-state index is -4.46. The van der Waals surface area contributed by atoms with Gasteiger partial charge in [0.05, 0.1) is 0 Å². The third-order valence-electron chi connectivity index (χ3n) is 2.63. The highest BCUT2D eigenvalue weighted by atomic mass is 32.1. The molecular formula is C9H13F3N4S. The normalized spacial score (nSPS) is 22.7. The number of likely N-dealkylation sites (N-methyl/N-ethyl adjacent to an activating group) is 1. The summed E-state index contributed by atoms with van der Waals surface area (Å²) in [7, 11) is 2.00. The van der Waals surface area contributed by atoms with Gasteiger partial charge in [0, 0.05) is 24.1 Å². The Morgan fingerprint density at radius 2 is 2.24 bits per heavy atom. The van der Waals surface area contributed by atoms with Crippen molar-refractivity contribution in [3.8, 4) is 0 Å². The highest BCUT2D eigenvalue weighted by Gasteiger charge is 2.36. The van der Waals surface area contributed by atoms with Crippen molar-refractivity contribution in [2.24, 2.45) is 0 Å². The maximum absolute atomic E-state index is 12.3. The van der Waals surface area contributed by atoms with Gasteiger partial charge < -0.3 is 10.2 Å². The number of hydrogen-bond donors (Lipinski definition) is 1. The van der Waals surface area contributed by atoms with Crippen LogP contribution in [0, 0.1) is 0 Å². The lowest BCUT2D eigenvalue weighted by atomic mass is 10.1. The molecule has 2 rings (SSSR count). The van der Waals surface area contributed by atoms with E-state index in [4.69, 9.17) is 0 Å². The van der Waals surface area contributed by atoms with Crippen molar-refractivity contribution in [2.45, 2.75) is 25.1 Å². The summed E-state index contributed by atoms with van der Waals surface area (Å²) in [4.78, 5) is 5.60. The lowest BCUT2D eigenvalue weighted by Gasteiger charge is -2.29. The van der Waals surface area contributed by atoms with Crippen molar-refractivity contribution in [1.29, 1.82) is 0 Å². The number of aromatic nitrogens is 2. The number of hydrogen-bond acceptors (Lipinski definition) is 5. The van der Waals surface area contributed by atoms with Crippen LogP contribution in [-0.2, 0) is 6.18 Å². The molecule has 0 aliphatic carbocycles. The lowest BCUT2D eigenvalue weighted by Crippen LogP contribution is -2.39. The maximum Gasteiger partial charge on any atom is 0.452 e. The summed E-state index contributed by atoms with van der Waals surface area (Å²) in [6.07, 6.45) is -2.47. The molecule has 1 atom stereocenters. The molecule has 1 aliphatic heterocycles. The molecule has 0 saturated carbocycles. The topological polar surface area (TPSA) is 41.0 Å². The summed E-state index contributed by atoms with van der Waals surface area (Å²) in [6, 6.07) is 0.155. The molecule has 1 aromatic rings. The minimum absolute atomic E-state index is 0.155. The van der Waals surface area contributed by atoms with Gasteiger partial charge in [0.1, 0.15) is 0 Å². The van der Waals surface area contributed by atoms with Gasteiger partial charge in [0.15, 0.2) is 0 Å². The number of nitrogens with zero attached hydrogens (tertiary/aromatic N) is 3. The van der Waals surface area contributed by atoms with Crippen molar-refractivity contribution in [2.75, 3.05) is 25.5 Å². The van der Waals surface area contributed by atoms with Crippen molar-refractivity contribution in [1.82, 2.24) is 14.3 Å². The maximum atomic E-state index is 12.3. The summed E-state index contributed by atoms with van der Waals surface area (Å²) in [5, 5.41) is 3.25. The summed E-state index contributed by atoms with van der Waals surface area (Å²) < 4.78 is 40.2. The second-order valence-electron chi connectivity index (χ2n) is 4.17. The average Bonchev–Trinajstić information content (AvgIpc) is 2.65. The first-order valence-corrected chi connectivity index (χ1v) is 6.08. The quantitative estimate of drug-likeness (QED) is 0.889. The van der Waals surface area contributed by atoms with E-state index in [-0.39, 0.29) is 11.2 Å². The fourth-order valence-corrected chi connectivity index (χ4v) is 2.52. The summed E-state index contributed by atoms with van der Waals surface area (Å²) in [5.41, 5.74) is 0. The second-order valence-corrected chi connectivity index (χ2v) is 4.92. The zero-order valence-corrected chi connectivity index (χ0v) is 10.1. The van der Waals surface area contributed by atoms with Crippen molar-refractivity contribution in [3.63, 3.8) is 0 Å². The largest absolute Gasteiger partial charge is 0.452 e. The molecule has 0 spiro atoms. The van der Waals surface area contributed by atoms with Crippen LogP contribution >= 0.6 is 11.5 Å². The standard InChI is InChI=1S/C9H13F3N4S/c1-16-4-2-3-6(5-16)13-8-14-7(15-17-8)9(10,11)12/h6H,2-5H2,1H3,(H,13,14,15). The highest BCUT2D eigenvalue weighted by Crippen LogP contribution is 2.29. The Morgan fingerprint density at radius 1 is 1.47 bits per heavy atom. The zero-order chi connectivity index (χ0) is 12.5. The molecule has 1 fully saturated rings. The SMILES string of the molecule is CN1CCCC(Nc2nc(C(F)(F)F)ns2)C1. The van der Waals surface area contributed by atoms with Crippen LogP contribution < -0.4 is 5.32 Å². The number of piperidine rings is 1. The number of likely N-dealkylation sites (tertiary alicyclic amines) is 1. The van der Waals surface area contributed by atoms with E-state index < -0.39 is 12.0 Å². The molecule has 1 unspecified atom stereocenters. The summed E-state index contributed by atoms with van der Waals surface area (Å²) in [5.74, 6) is -1.06. The fourth-order valence-electron chi connectivity index (χ4n) is 1.86. The Morgan fingerprint density at radius 3 is 2.82 bits per heavy atom. The number of halogens is 3. The molecule has 17 heavy (non-hydrogen) atoms. The Balaban J connectivity index is 1.97. The van der Waals surface area contributed by atoms with E-state index in [1.165, 1.54) is 0 Å². The molecule has 0 amide bonds. The first-order chi connectivity index (χ1) is 7.95.